The van der Waals surface area contributed by atoms with Crippen LogP contribution in [0.2, 0.25) is 0 Å². The molecule has 0 amide bonds. The second-order valence-electron chi connectivity index (χ2n) is 6.80. The minimum Gasteiger partial charge on any atom is -0.462 e. The van der Waals surface area contributed by atoms with Crippen molar-refractivity contribution < 1.29 is 18.3 Å². The number of carbonyl (C=O) groups is 1. The molecule has 0 radical (unpaired) electrons. The van der Waals surface area contributed by atoms with Crippen molar-refractivity contribution in [1.82, 2.24) is 4.98 Å². The van der Waals surface area contributed by atoms with E-state index >= 15 is 0 Å². The van der Waals surface area contributed by atoms with Gasteiger partial charge in [-0.3, -0.25) is 4.79 Å². The largest absolute Gasteiger partial charge is 0.462 e. The third kappa shape index (κ3) is 3.63. The lowest BCUT2D eigenvalue weighted by atomic mass is 10.0. The molecule has 0 aliphatic carbocycles. The van der Waals surface area contributed by atoms with Crippen molar-refractivity contribution in [2.45, 2.75) is 33.6 Å². The minimum absolute atomic E-state index is 0.00172. The van der Waals surface area contributed by atoms with E-state index in [1.807, 2.05) is 13.8 Å². The van der Waals surface area contributed by atoms with Gasteiger partial charge in [0.05, 0.1) is 17.4 Å². The maximum absolute atomic E-state index is 14.4. The maximum atomic E-state index is 14.4. The Kier molecular flexibility index (Phi) is 5.12. The fourth-order valence-electron chi connectivity index (χ4n) is 2.87. The Labute approximate surface area is 155 Å². The molecule has 0 spiro atoms. The van der Waals surface area contributed by atoms with Crippen LogP contribution in [0.4, 0.5) is 10.2 Å². The van der Waals surface area contributed by atoms with Crippen LogP contribution in [0, 0.1) is 11.7 Å². The number of benzene rings is 1. The third-order valence-corrected chi connectivity index (χ3v) is 4.35. The number of aryl methyl sites for hydroxylation is 1. The molecule has 0 unspecified atom stereocenters. The summed E-state index contributed by atoms with van der Waals surface area (Å²) in [5.41, 5.74) is 5.89. The van der Waals surface area contributed by atoms with Gasteiger partial charge in [0.15, 0.2) is 0 Å². The number of ether oxygens (including phenoxy) is 1. The first kappa shape index (κ1) is 18.8. The minimum atomic E-state index is -0.666. The molecular formula is C20H21FN2O4. The molecule has 0 saturated carbocycles. The van der Waals surface area contributed by atoms with Gasteiger partial charge >= 0.3 is 5.97 Å². The summed E-state index contributed by atoms with van der Waals surface area (Å²) in [6, 6.07) is 4.03. The molecule has 142 valence electrons. The lowest BCUT2D eigenvalue weighted by Crippen LogP contribution is -2.12. The molecule has 0 fully saturated rings. The van der Waals surface area contributed by atoms with Crippen LogP contribution in [0.1, 0.15) is 43.1 Å². The van der Waals surface area contributed by atoms with E-state index in [-0.39, 0.29) is 40.1 Å². The van der Waals surface area contributed by atoms with Crippen LogP contribution < -0.4 is 11.2 Å². The third-order valence-electron chi connectivity index (χ3n) is 4.35. The highest BCUT2D eigenvalue weighted by atomic mass is 19.1. The normalized spacial score (nSPS) is 11.4. The molecule has 0 atom stereocenters. The Balaban J connectivity index is 2.21. The molecule has 3 rings (SSSR count). The van der Waals surface area contributed by atoms with Gasteiger partial charge in [-0.25, -0.2) is 9.18 Å². The SMILES string of the molecule is CCOC(=O)c1cc2c(=O)c3cc(CCC(C)C)c(F)cc3oc2nc1N. The molecule has 2 aromatic heterocycles. The summed E-state index contributed by atoms with van der Waals surface area (Å²) >= 11 is 0. The fraction of sp³-hybridized carbons (Fsp3) is 0.350. The monoisotopic (exact) mass is 372 g/mol. The van der Waals surface area contributed by atoms with Gasteiger partial charge in [0.1, 0.15) is 22.8 Å². The van der Waals surface area contributed by atoms with Gasteiger partial charge in [-0.05, 0) is 43.4 Å². The second-order valence-corrected chi connectivity index (χ2v) is 6.80. The predicted octanol–water partition coefficient (Wildman–Crippen LogP) is 3.83. The number of nitrogens with two attached hydrogens (primary N) is 1. The molecule has 2 heterocycles. The van der Waals surface area contributed by atoms with Crippen molar-refractivity contribution in [3.63, 3.8) is 0 Å². The number of hydrogen-bond acceptors (Lipinski definition) is 6. The molecule has 1 aromatic carbocycles. The molecule has 6 nitrogen and oxygen atoms in total. The molecule has 27 heavy (non-hydrogen) atoms. The van der Waals surface area contributed by atoms with Gasteiger partial charge < -0.3 is 14.9 Å². The number of fused-ring (bicyclic) bond motifs is 2. The number of hydrogen-bond donors (Lipinski definition) is 1. The van der Waals surface area contributed by atoms with E-state index in [0.29, 0.717) is 17.9 Å². The quantitative estimate of drug-likeness (QED) is 0.540. The Bertz CT molecular complexity index is 1090. The van der Waals surface area contributed by atoms with Crippen LogP contribution >= 0.6 is 0 Å². The second kappa shape index (κ2) is 7.34. The first-order chi connectivity index (χ1) is 12.8. The number of pyridine rings is 1. The van der Waals surface area contributed by atoms with Crippen LogP contribution in [0.5, 0.6) is 0 Å². The summed E-state index contributed by atoms with van der Waals surface area (Å²) < 4.78 is 24.9. The predicted molar refractivity (Wildman–Crippen MR) is 101 cm³/mol. The molecule has 2 N–H and O–H groups in total. The molecule has 3 aromatic rings. The number of carbonyl (C=O) groups excluding carboxylic acids is 1. The zero-order chi connectivity index (χ0) is 19.7. The molecule has 0 saturated heterocycles. The first-order valence-corrected chi connectivity index (χ1v) is 8.84. The summed E-state index contributed by atoms with van der Waals surface area (Å²) in [4.78, 5) is 28.9. The molecule has 0 bridgehead atoms. The Hall–Kier alpha value is -2.96. The summed E-state index contributed by atoms with van der Waals surface area (Å²) in [6.45, 7) is 5.93. The number of rotatable bonds is 5. The topological polar surface area (TPSA) is 95.4 Å². The van der Waals surface area contributed by atoms with Crippen molar-refractivity contribution in [3.8, 4) is 0 Å². The zero-order valence-corrected chi connectivity index (χ0v) is 15.5. The molecule has 0 aliphatic rings. The van der Waals surface area contributed by atoms with Crippen LogP contribution in [0.3, 0.4) is 0 Å². The van der Waals surface area contributed by atoms with E-state index in [2.05, 4.69) is 4.98 Å². The number of nitrogens with zero attached hydrogens (tertiary/aromatic N) is 1. The summed E-state index contributed by atoms with van der Waals surface area (Å²) in [5.74, 6) is -0.799. The molecular weight excluding hydrogens is 351 g/mol. The van der Waals surface area contributed by atoms with E-state index in [4.69, 9.17) is 14.9 Å². The van der Waals surface area contributed by atoms with Crippen molar-refractivity contribution >= 4 is 33.9 Å². The van der Waals surface area contributed by atoms with Crippen LogP contribution in [-0.2, 0) is 11.2 Å². The van der Waals surface area contributed by atoms with E-state index in [1.54, 1.807) is 6.92 Å². The highest BCUT2D eigenvalue weighted by Gasteiger charge is 2.18. The number of esters is 1. The lowest BCUT2D eigenvalue weighted by Gasteiger charge is -2.09. The van der Waals surface area contributed by atoms with E-state index in [1.165, 1.54) is 18.2 Å². The van der Waals surface area contributed by atoms with Crippen LogP contribution in [0.15, 0.2) is 27.4 Å². The van der Waals surface area contributed by atoms with Gasteiger partial charge in [0, 0.05) is 6.07 Å². The Morgan fingerprint density at radius 1 is 1.30 bits per heavy atom. The number of halogens is 1. The van der Waals surface area contributed by atoms with E-state index in [9.17, 15) is 14.0 Å². The average molecular weight is 372 g/mol. The zero-order valence-electron chi connectivity index (χ0n) is 15.5. The van der Waals surface area contributed by atoms with Crippen LogP contribution in [-0.4, -0.2) is 17.6 Å². The summed E-state index contributed by atoms with van der Waals surface area (Å²) in [6.07, 6.45) is 1.32. The number of nitrogen functional groups attached to an aromatic ring is 1. The highest BCUT2D eigenvalue weighted by molar-refractivity contribution is 5.99. The fourth-order valence-corrected chi connectivity index (χ4v) is 2.87. The van der Waals surface area contributed by atoms with Crippen molar-refractivity contribution in [2.75, 3.05) is 12.3 Å². The van der Waals surface area contributed by atoms with Crippen molar-refractivity contribution in [3.05, 3.63) is 45.4 Å². The smallest absolute Gasteiger partial charge is 0.341 e. The summed E-state index contributed by atoms with van der Waals surface area (Å²) in [7, 11) is 0. The van der Waals surface area contributed by atoms with Crippen molar-refractivity contribution in [2.24, 2.45) is 5.92 Å². The van der Waals surface area contributed by atoms with E-state index < -0.39 is 17.2 Å². The van der Waals surface area contributed by atoms with Gasteiger partial charge in [-0.1, -0.05) is 13.8 Å². The lowest BCUT2D eigenvalue weighted by molar-refractivity contribution is 0.0527. The van der Waals surface area contributed by atoms with Gasteiger partial charge in [-0.2, -0.15) is 4.98 Å². The Morgan fingerprint density at radius 3 is 2.70 bits per heavy atom. The Morgan fingerprint density at radius 2 is 2.04 bits per heavy atom. The van der Waals surface area contributed by atoms with Crippen LogP contribution in [0.25, 0.3) is 22.1 Å². The maximum Gasteiger partial charge on any atom is 0.341 e. The van der Waals surface area contributed by atoms with Gasteiger partial charge in [-0.15, -0.1) is 0 Å². The van der Waals surface area contributed by atoms with Gasteiger partial charge in [0.25, 0.3) is 0 Å². The molecule has 0 aliphatic heterocycles. The summed E-state index contributed by atoms with van der Waals surface area (Å²) in [5, 5.41) is 0.338. The highest BCUT2D eigenvalue weighted by Crippen LogP contribution is 2.24. The number of anilines is 1. The molecule has 7 heteroatoms. The van der Waals surface area contributed by atoms with Crippen molar-refractivity contribution in [1.29, 1.82) is 0 Å². The standard InChI is InChI=1S/C20H21FN2O4/c1-4-26-20(25)14-8-13-17(24)12-7-11(6-5-10(2)3)15(21)9-16(12)27-19(13)23-18(14)22/h7-10H,4-6H2,1-3H3,(H2,22,23). The average Bonchev–Trinajstić information content (AvgIpc) is 2.60. The first-order valence-electron chi connectivity index (χ1n) is 8.84. The van der Waals surface area contributed by atoms with Gasteiger partial charge in [0.2, 0.25) is 11.1 Å². The number of aromatic nitrogens is 1. The van der Waals surface area contributed by atoms with E-state index in [0.717, 1.165) is 6.42 Å².